The summed E-state index contributed by atoms with van der Waals surface area (Å²) in [6.07, 6.45) is 0.0470. The number of hydrogen-bond donors (Lipinski definition) is 3. The number of carbonyl (C=O) groups is 3. The standard InChI is InChI=1S/C8H14N2O5/c1-5(7(12)13)10-8(14)9-4-3-6(11)15-2/h5H,3-4H2,1-2H3,(H,12,13)(H2,9,10,14)/t5-/m1/s1. The average molecular weight is 218 g/mol. The fraction of sp³-hybridized carbons (Fsp3) is 0.625. The molecule has 0 saturated carbocycles. The summed E-state index contributed by atoms with van der Waals surface area (Å²) < 4.78 is 4.35. The van der Waals surface area contributed by atoms with Crippen LogP contribution in [0.25, 0.3) is 0 Å². The van der Waals surface area contributed by atoms with Gasteiger partial charge in [0.1, 0.15) is 6.04 Å². The summed E-state index contributed by atoms with van der Waals surface area (Å²) in [5, 5.41) is 13.0. The molecule has 0 heterocycles. The number of aliphatic carboxylic acids is 1. The van der Waals surface area contributed by atoms with Crippen molar-refractivity contribution in [2.75, 3.05) is 13.7 Å². The second-order valence-corrected chi connectivity index (χ2v) is 2.79. The Bertz CT molecular complexity index is 253. The molecule has 0 aromatic heterocycles. The topological polar surface area (TPSA) is 105 Å². The third-order valence-corrected chi connectivity index (χ3v) is 1.56. The number of ether oxygens (including phenoxy) is 1. The summed E-state index contributed by atoms with van der Waals surface area (Å²) in [7, 11) is 1.24. The minimum Gasteiger partial charge on any atom is -0.480 e. The molecule has 0 spiro atoms. The molecule has 7 nitrogen and oxygen atoms in total. The summed E-state index contributed by atoms with van der Waals surface area (Å²) in [4.78, 5) is 32.0. The molecule has 0 bridgehead atoms. The van der Waals surface area contributed by atoms with Crippen LogP contribution in [0, 0.1) is 0 Å². The number of carboxylic acids is 1. The van der Waals surface area contributed by atoms with Crippen molar-refractivity contribution < 1.29 is 24.2 Å². The molecule has 2 amide bonds. The second-order valence-electron chi connectivity index (χ2n) is 2.79. The summed E-state index contributed by atoms with van der Waals surface area (Å²) in [6, 6.07) is -1.60. The zero-order valence-electron chi connectivity index (χ0n) is 8.57. The summed E-state index contributed by atoms with van der Waals surface area (Å²) in [5.41, 5.74) is 0. The van der Waals surface area contributed by atoms with Crippen LogP contribution >= 0.6 is 0 Å². The molecule has 0 rings (SSSR count). The smallest absolute Gasteiger partial charge is 0.325 e. The molecule has 0 fully saturated rings. The number of rotatable bonds is 5. The van der Waals surface area contributed by atoms with Gasteiger partial charge in [-0.2, -0.15) is 0 Å². The largest absolute Gasteiger partial charge is 0.480 e. The van der Waals surface area contributed by atoms with Gasteiger partial charge in [-0.1, -0.05) is 0 Å². The molecule has 0 aromatic rings. The highest BCUT2D eigenvalue weighted by molar-refractivity contribution is 5.82. The lowest BCUT2D eigenvalue weighted by molar-refractivity contribution is -0.140. The Morgan fingerprint density at radius 2 is 2.00 bits per heavy atom. The molecule has 0 aliphatic heterocycles. The molecule has 7 heteroatoms. The monoisotopic (exact) mass is 218 g/mol. The molecule has 0 aliphatic carbocycles. The molecule has 1 atom stereocenters. The number of urea groups is 1. The molecule has 15 heavy (non-hydrogen) atoms. The Labute approximate surface area is 86.8 Å². The van der Waals surface area contributed by atoms with Crippen molar-refractivity contribution >= 4 is 18.0 Å². The minimum atomic E-state index is -1.13. The van der Waals surface area contributed by atoms with Gasteiger partial charge in [-0.25, -0.2) is 4.79 Å². The van der Waals surface area contributed by atoms with Gasteiger partial charge >= 0.3 is 18.0 Å². The second kappa shape index (κ2) is 6.63. The van der Waals surface area contributed by atoms with Gasteiger partial charge in [-0.3, -0.25) is 9.59 Å². The van der Waals surface area contributed by atoms with Crippen molar-refractivity contribution in [3.63, 3.8) is 0 Å². The lowest BCUT2D eigenvalue weighted by Gasteiger charge is -2.09. The van der Waals surface area contributed by atoms with Crippen LogP contribution < -0.4 is 10.6 Å². The van der Waals surface area contributed by atoms with Gasteiger partial charge in [0.05, 0.1) is 13.5 Å². The summed E-state index contributed by atoms with van der Waals surface area (Å²) in [6.45, 7) is 1.44. The van der Waals surface area contributed by atoms with Crippen LogP contribution in [-0.2, 0) is 14.3 Å². The highest BCUT2D eigenvalue weighted by Crippen LogP contribution is 1.83. The van der Waals surface area contributed by atoms with Crippen molar-refractivity contribution in [2.45, 2.75) is 19.4 Å². The van der Waals surface area contributed by atoms with Gasteiger partial charge in [0.15, 0.2) is 0 Å². The summed E-state index contributed by atoms with van der Waals surface area (Å²) in [5.74, 6) is -1.57. The Balaban J connectivity index is 3.67. The van der Waals surface area contributed by atoms with Crippen molar-refractivity contribution in [3.05, 3.63) is 0 Å². The Hall–Kier alpha value is -1.79. The van der Waals surface area contributed by atoms with Crippen LogP contribution in [0.4, 0.5) is 4.79 Å². The maximum atomic E-state index is 11.0. The number of amides is 2. The number of methoxy groups -OCH3 is 1. The Morgan fingerprint density at radius 3 is 2.47 bits per heavy atom. The van der Waals surface area contributed by atoms with E-state index in [1.165, 1.54) is 14.0 Å². The number of esters is 1. The van der Waals surface area contributed by atoms with Gasteiger partial charge in [0, 0.05) is 6.54 Å². The van der Waals surface area contributed by atoms with Crippen LogP contribution in [0.5, 0.6) is 0 Å². The van der Waals surface area contributed by atoms with E-state index < -0.39 is 24.0 Å². The lowest BCUT2D eigenvalue weighted by Crippen LogP contribution is -2.44. The van der Waals surface area contributed by atoms with Crippen molar-refractivity contribution in [1.29, 1.82) is 0 Å². The maximum absolute atomic E-state index is 11.0. The normalized spacial score (nSPS) is 11.3. The van der Waals surface area contributed by atoms with E-state index >= 15 is 0 Å². The molecule has 0 radical (unpaired) electrons. The van der Waals surface area contributed by atoms with Gasteiger partial charge in [-0.05, 0) is 6.92 Å². The fourth-order valence-electron chi connectivity index (χ4n) is 0.690. The van der Waals surface area contributed by atoms with E-state index in [0.29, 0.717) is 0 Å². The van der Waals surface area contributed by atoms with Gasteiger partial charge < -0.3 is 20.5 Å². The number of carbonyl (C=O) groups excluding carboxylic acids is 2. The lowest BCUT2D eigenvalue weighted by atomic mass is 10.3. The molecule has 0 aliphatic rings. The first-order valence-electron chi connectivity index (χ1n) is 4.31. The maximum Gasteiger partial charge on any atom is 0.325 e. The van der Waals surface area contributed by atoms with E-state index in [2.05, 4.69) is 15.4 Å². The van der Waals surface area contributed by atoms with Crippen LogP contribution in [0.15, 0.2) is 0 Å². The molecular weight excluding hydrogens is 204 g/mol. The third kappa shape index (κ3) is 6.30. The van der Waals surface area contributed by atoms with Gasteiger partial charge in [0.25, 0.3) is 0 Å². The van der Waals surface area contributed by atoms with E-state index in [-0.39, 0.29) is 13.0 Å². The first kappa shape index (κ1) is 13.2. The third-order valence-electron chi connectivity index (χ3n) is 1.56. The Kier molecular flexibility index (Phi) is 5.84. The quantitative estimate of drug-likeness (QED) is 0.530. The van der Waals surface area contributed by atoms with E-state index in [4.69, 9.17) is 5.11 Å². The molecule has 0 saturated heterocycles. The zero-order chi connectivity index (χ0) is 11.8. The minimum absolute atomic E-state index is 0.0470. The van der Waals surface area contributed by atoms with E-state index in [1.807, 2.05) is 0 Å². The van der Waals surface area contributed by atoms with Crippen molar-refractivity contribution in [3.8, 4) is 0 Å². The highest BCUT2D eigenvalue weighted by Gasteiger charge is 2.13. The van der Waals surface area contributed by atoms with Crippen LogP contribution in [0.3, 0.4) is 0 Å². The predicted octanol–water partition coefficient (Wildman–Crippen LogP) is -0.678. The average Bonchev–Trinajstić information content (AvgIpc) is 2.17. The molecule has 86 valence electrons. The van der Waals surface area contributed by atoms with Crippen LogP contribution in [0.1, 0.15) is 13.3 Å². The molecule has 0 aromatic carbocycles. The van der Waals surface area contributed by atoms with Gasteiger partial charge in [0.2, 0.25) is 0 Å². The zero-order valence-corrected chi connectivity index (χ0v) is 8.57. The fourth-order valence-corrected chi connectivity index (χ4v) is 0.690. The van der Waals surface area contributed by atoms with Crippen molar-refractivity contribution in [2.24, 2.45) is 0 Å². The number of nitrogens with one attached hydrogen (secondary N) is 2. The molecular formula is C8H14N2O5. The van der Waals surface area contributed by atoms with Crippen molar-refractivity contribution in [1.82, 2.24) is 10.6 Å². The van der Waals surface area contributed by atoms with E-state index in [9.17, 15) is 14.4 Å². The predicted molar refractivity (Wildman–Crippen MR) is 50.3 cm³/mol. The summed E-state index contributed by atoms with van der Waals surface area (Å²) >= 11 is 0. The molecule has 3 N–H and O–H groups in total. The first-order valence-corrected chi connectivity index (χ1v) is 4.31. The number of hydrogen-bond acceptors (Lipinski definition) is 4. The van der Waals surface area contributed by atoms with Crippen LogP contribution in [0.2, 0.25) is 0 Å². The van der Waals surface area contributed by atoms with E-state index in [1.54, 1.807) is 0 Å². The highest BCUT2D eigenvalue weighted by atomic mass is 16.5. The van der Waals surface area contributed by atoms with Gasteiger partial charge in [-0.15, -0.1) is 0 Å². The first-order chi connectivity index (χ1) is 6.97. The molecule has 0 unspecified atom stereocenters. The number of carboxylic acid groups (broad SMARTS) is 1. The van der Waals surface area contributed by atoms with E-state index in [0.717, 1.165) is 0 Å². The SMILES string of the molecule is COC(=O)CCNC(=O)N[C@H](C)C(=O)O. The van der Waals surface area contributed by atoms with Crippen LogP contribution in [-0.4, -0.2) is 42.8 Å². The Morgan fingerprint density at radius 1 is 1.40 bits per heavy atom.